The van der Waals surface area contributed by atoms with Gasteiger partial charge in [-0.1, -0.05) is 0 Å². The monoisotopic (exact) mass is 102 g/mol. The Morgan fingerprint density at radius 1 is 1.43 bits per heavy atom. The van der Waals surface area contributed by atoms with Crippen LogP contribution in [-0.4, -0.2) is 27.3 Å². The zero-order valence-corrected chi connectivity index (χ0v) is 5.52. The highest BCUT2D eigenvalue weighted by Crippen LogP contribution is 1.76. The second-order valence-corrected chi connectivity index (χ2v) is 1.93. The summed E-state index contributed by atoms with van der Waals surface area (Å²) < 4.78 is 0. The van der Waals surface area contributed by atoms with Crippen molar-refractivity contribution in [2.45, 2.75) is 13.1 Å². The molecule has 7 heavy (non-hydrogen) atoms. The van der Waals surface area contributed by atoms with Gasteiger partial charge < -0.3 is 0 Å². The Morgan fingerprint density at radius 2 is 1.86 bits per heavy atom. The second kappa shape index (κ2) is 2.99. The quantitative estimate of drug-likeness (QED) is 0.382. The van der Waals surface area contributed by atoms with E-state index in [2.05, 4.69) is 17.1 Å². The van der Waals surface area contributed by atoms with Gasteiger partial charge in [0, 0.05) is 6.92 Å². The number of nitrogens with one attached hydrogen (secondary N) is 1. The lowest BCUT2D eigenvalue weighted by molar-refractivity contribution is 0.396. The van der Waals surface area contributed by atoms with Gasteiger partial charge in [0.1, 0.15) is 14.1 Å². The third-order valence-electron chi connectivity index (χ3n) is 1.19. The van der Waals surface area contributed by atoms with Gasteiger partial charge in [-0.25, -0.2) is 0 Å². The van der Waals surface area contributed by atoms with E-state index in [-0.39, 0.29) is 0 Å². The van der Waals surface area contributed by atoms with Crippen LogP contribution in [0.25, 0.3) is 0 Å². The Morgan fingerprint density at radius 3 is 1.86 bits per heavy atom. The van der Waals surface area contributed by atoms with Gasteiger partial charge in [0.05, 0.1) is 0 Å². The fourth-order valence-corrected chi connectivity index (χ4v) is 0.258. The second-order valence-electron chi connectivity index (χ2n) is 1.93. The molecular weight excluding hydrogens is 88.1 g/mol. The van der Waals surface area contributed by atoms with Gasteiger partial charge in [-0.05, 0) is 7.05 Å². The zero-order valence-electron chi connectivity index (χ0n) is 5.52. The van der Waals surface area contributed by atoms with Crippen molar-refractivity contribution in [2.75, 3.05) is 21.1 Å². The van der Waals surface area contributed by atoms with Crippen LogP contribution in [-0.2, 0) is 0 Å². The molecule has 0 aromatic carbocycles. The Kier molecular flexibility index (Phi) is 2.96. The van der Waals surface area contributed by atoms with E-state index in [0.717, 1.165) is 0 Å². The standard InChI is InChI=1S/C5H14N2/c1-5(6-2)7(3)4/h5-6H,1-4H3/q+1. The summed E-state index contributed by atoms with van der Waals surface area (Å²) in [5.74, 6) is 0. The van der Waals surface area contributed by atoms with E-state index in [1.165, 1.54) is 0 Å². The Hall–Kier alpha value is -0.0800. The van der Waals surface area contributed by atoms with Crippen molar-refractivity contribution >= 4 is 0 Å². The van der Waals surface area contributed by atoms with E-state index in [9.17, 15) is 0 Å². The zero-order chi connectivity index (χ0) is 5.86. The maximum atomic E-state index is 3.09. The van der Waals surface area contributed by atoms with E-state index in [0.29, 0.717) is 6.17 Å². The smallest absolute Gasteiger partial charge is 0.182 e. The molecule has 0 bridgehead atoms. The van der Waals surface area contributed by atoms with Crippen LogP contribution in [0, 0.1) is 0 Å². The lowest BCUT2D eigenvalue weighted by Crippen LogP contribution is -2.40. The minimum Gasteiger partial charge on any atom is -0.267 e. The average Bonchev–Trinajstić information content (AvgIpc) is 1.65. The van der Waals surface area contributed by atoms with Crippen LogP contribution in [0.15, 0.2) is 0 Å². The first-order valence-electron chi connectivity index (χ1n) is 2.52. The first-order chi connectivity index (χ1) is 3.18. The molecule has 0 saturated carbocycles. The van der Waals surface area contributed by atoms with Crippen LogP contribution in [0.3, 0.4) is 0 Å². The van der Waals surface area contributed by atoms with E-state index >= 15 is 0 Å². The van der Waals surface area contributed by atoms with E-state index in [1.807, 2.05) is 21.1 Å². The average molecular weight is 102 g/mol. The summed E-state index contributed by atoms with van der Waals surface area (Å²) >= 11 is 0. The normalized spacial score (nSPS) is 15.0. The molecule has 0 aliphatic heterocycles. The SMILES string of the molecule is CNC(C)[N+](C)C. The van der Waals surface area contributed by atoms with Crippen LogP contribution < -0.4 is 10.2 Å². The molecule has 0 aromatic rings. The molecule has 1 radical (unpaired) electrons. The van der Waals surface area contributed by atoms with Crippen molar-refractivity contribution in [2.24, 2.45) is 0 Å². The van der Waals surface area contributed by atoms with Gasteiger partial charge in [0.2, 0.25) is 0 Å². The van der Waals surface area contributed by atoms with Crippen LogP contribution >= 0.6 is 0 Å². The van der Waals surface area contributed by atoms with Crippen molar-refractivity contribution in [3.05, 3.63) is 0 Å². The molecule has 1 atom stereocenters. The summed E-state index contributed by atoms with van der Waals surface area (Å²) in [4.78, 5) is 2.11. The molecule has 0 saturated heterocycles. The van der Waals surface area contributed by atoms with E-state index < -0.39 is 0 Å². The largest absolute Gasteiger partial charge is 0.267 e. The molecular formula is C5H14N2+. The van der Waals surface area contributed by atoms with Gasteiger partial charge in [0.15, 0.2) is 6.17 Å². The first kappa shape index (κ1) is 6.92. The minimum atomic E-state index is 0.486. The van der Waals surface area contributed by atoms with Crippen molar-refractivity contribution < 1.29 is 0 Å². The minimum absolute atomic E-state index is 0.486. The Bertz CT molecular complexity index is 43.3. The summed E-state index contributed by atoms with van der Waals surface area (Å²) in [7, 11) is 6.03. The van der Waals surface area contributed by atoms with Crippen LogP contribution in [0.2, 0.25) is 0 Å². The van der Waals surface area contributed by atoms with Crippen molar-refractivity contribution in [1.29, 1.82) is 0 Å². The summed E-state index contributed by atoms with van der Waals surface area (Å²) in [6.07, 6.45) is 0.486. The molecule has 0 heterocycles. The molecule has 43 valence electrons. The highest BCUT2D eigenvalue weighted by atomic mass is 15.2. The van der Waals surface area contributed by atoms with Gasteiger partial charge in [0.25, 0.3) is 0 Å². The Balaban J connectivity index is 3.14. The van der Waals surface area contributed by atoms with Crippen molar-refractivity contribution in [3.8, 4) is 0 Å². The number of hydrogen-bond donors (Lipinski definition) is 1. The molecule has 0 aromatic heterocycles. The molecule has 0 fully saturated rings. The van der Waals surface area contributed by atoms with Gasteiger partial charge >= 0.3 is 0 Å². The third-order valence-corrected chi connectivity index (χ3v) is 1.19. The molecule has 0 aliphatic rings. The molecule has 0 spiro atoms. The molecule has 1 N–H and O–H groups in total. The fraction of sp³-hybridized carbons (Fsp3) is 1.00. The number of rotatable bonds is 2. The topological polar surface area (TPSA) is 17.9 Å². The maximum absolute atomic E-state index is 3.09. The summed E-state index contributed by atoms with van der Waals surface area (Å²) in [5, 5.41) is 3.09. The van der Waals surface area contributed by atoms with E-state index in [1.54, 1.807) is 0 Å². The predicted octanol–water partition coefficient (Wildman–Crippen LogP) is -0.0485. The number of hydrogen-bond acceptors (Lipinski definition) is 2. The predicted molar refractivity (Wildman–Crippen MR) is 32.5 cm³/mol. The van der Waals surface area contributed by atoms with Crippen molar-refractivity contribution in [1.82, 2.24) is 10.2 Å². The molecule has 0 rings (SSSR count). The van der Waals surface area contributed by atoms with Crippen molar-refractivity contribution in [3.63, 3.8) is 0 Å². The summed E-state index contributed by atoms with van der Waals surface area (Å²) in [6, 6.07) is 0. The van der Waals surface area contributed by atoms with E-state index in [4.69, 9.17) is 0 Å². The Labute approximate surface area is 45.5 Å². The summed E-state index contributed by atoms with van der Waals surface area (Å²) in [6.45, 7) is 2.11. The maximum Gasteiger partial charge on any atom is 0.182 e. The lowest BCUT2D eigenvalue weighted by atomic mass is 10.5. The molecule has 0 aliphatic carbocycles. The third kappa shape index (κ3) is 2.60. The lowest BCUT2D eigenvalue weighted by Gasteiger charge is -2.07. The molecule has 2 nitrogen and oxygen atoms in total. The molecule has 1 unspecified atom stereocenters. The number of nitrogens with zero attached hydrogens (tertiary/aromatic N) is 1. The van der Waals surface area contributed by atoms with Gasteiger partial charge in [-0.2, -0.15) is 4.90 Å². The highest BCUT2D eigenvalue weighted by Gasteiger charge is 2.06. The fourth-order valence-electron chi connectivity index (χ4n) is 0.258. The molecule has 0 amide bonds. The first-order valence-corrected chi connectivity index (χ1v) is 2.52. The molecule has 2 heteroatoms. The van der Waals surface area contributed by atoms with Crippen LogP contribution in [0.5, 0.6) is 0 Å². The summed E-state index contributed by atoms with van der Waals surface area (Å²) in [5.41, 5.74) is 0. The van der Waals surface area contributed by atoms with Crippen LogP contribution in [0.1, 0.15) is 6.92 Å². The van der Waals surface area contributed by atoms with Crippen LogP contribution in [0.4, 0.5) is 0 Å². The van der Waals surface area contributed by atoms with Gasteiger partial charge in [-0.15, -0.1) is 0 Å². The highest BCUT2D eigenvalue weighted by molar-refractivity contribution is 4.55. The van der Waals surface area contributed by atoms with Gasteiger partial charge in [-0.3, -0.25) is 5.32 Å².